The van der Waals surface area contributed by atoms with E-state index in [1.807, 2.05) is 0 Å². The zero-order chi connectivity index (χ0) is 4.50. The molecule has 0 atom stereocenters. The van der Waals surface area contributed by atoms with Gasteiger partial charge in [-0.15, -0.1) is 0 Å². The Balaban J connectivity index is 0. The van der Waals surface area contributed by atoms with Crippen molar-refractivity contribution in [2.75, 3.05) is 0 Å². The van der Waals surface area contributed by atoms with Gasteiger partial charge in [-0.1, -0.05) is 0 Å². The van der Waals surface area contributed by atoms with Crippen LogP contribution in [0.5, 0.6) is 0 Å². The first-order valence-corrected chi connectivity index (χ1v) is 5.30. The van der Waals surface area contributed by atoms with Crippen molar-refractivity contribution in [3.63, 3.8) is 0 Å². The predicted molar refractivity (Wildman–Crippen MR) is 12.0 cm³/mol. The molecule has 0 saturated carbocycles. The topological polar surface area (TPSA) is 57.5 Å². The molecule has 0 rings (SSSR count). The van der Waals surface area contributed by atoms with Crippen molar-refractivity contribution in [1.29, 1.82) is 0 Å². The average Bonchev–Trinajstić information content (AvgIpc) is 0.722. The fraction of sp³-hybridized carbons (Fsp3) is 0. The molecule has 0 amide bonds. The van der Waals surface area contributed by atoms with Gasteiger partial charge in [0.15, 0.2) is 0 Å². The Morgan fingerprint density at radius 1 is 1.50 bits per heavy atom. The molecule has 6 heavy (non-hydrogen) atoms. The Kier molecular flexibility index (Phi) is 6.66. The van der Waals surface area contributed by atoms with Crippen LogP contribution in [0.4, 0.5) is 0 Å². The largest absolute Gasteiger partial charge is 0 e. The van der Waals surface area contributed by atoms with Crippen LogP contribution in [0, 0.1) is 0 Å². The van der Waals surface area contributed by atoms with E-state index in [9.17, 15) is 4.57 Å². The molecule has 0 spiro atoms. The molecule has 0 aliphatic heterocycles. The molecule has 0 bridgehead atoms. The van der Waals surface area contributed by atoms with E-state index in [1.54, 1.807) is 0 Å². The molecule has 34 valence electrons. The SMILES string of the molecule is O=[P](O)(O)[Nb].[Zr]. The quantitative estimate of drug-likeness (QED) is 0.464. The summed E-state index contributed by atoms with van der Waals surface area (Å²) in [4.78, 5) is 15.3. The molecular weight excluding hydrogens is 263 g/mol. The molecule has 0 radical (unpaired) electrons. The Morgan fingerprint density at radius 3 is 1.50 bits per heavy atom. The summed E-state index contributed by atoms with van der Waals surface area (Å²) in [5.74, 6) is 0. The number of hydrogen-bond donors (Lipinski definition) is 2. The second kappa shape index (κ2) is 3.74. The van der Waals surface area contributed by atoms with Crippen LogP contribution in [0.25, 0.3) is 0 Å². The maximum absolute atomic E-state index is 9.35. The minimum absolute atomic E-state index is 0. The molecule has 0 aliphatic rings. The fourth-order valence-corrected chi connectivity index (χ4v) is 0. The first-order valence-electron chi connectivity index (χ1n) is 0.783. The molecule has 0 fully saturated rings. The molecule has 0 heterocycles. The summed E-state index contributed by atoms with van der Waals surface area (Å²) in [5.41, 5.74) is -3.59. The number of hydrogen-bond acceptors (Lipinski definition) is 1. The van der Waals surface area contributed by atoms with Gasteiger partial charge in [0.2, 0.25) is 0 Å². The second-order valence-electron chi connectivity index (χ2n) is 0.513. The summed E-state index contributed by atoms with van der Waals surface area (Å²) >= 11 is 0.537. The monoisotopic (exact) mass is 264 g/mol. The van der Waals surface area contributed by atoms with E-state index in [-0.39, 0.29) is 26.2 Å². The molecule has 0 aromatic heterocycles. The van der Waals surface area contributed by atoms with E-state index in [4.69, 9.17) is 9.79 Å². The number of rotatable bonds is 0. The van der Waals surface area contributed by atoms with Gasteiger partial charge in [-0.3, -0.25) is 0 Å². The van der Waals surface area contributed by atoms with Crippen molar-refractivity contribution in [3.8, 4) is 0 Å². The minimum atomic E-state index is -3.59. The summed E-state index contributed by atoms with van der Waals surface area (Å²) in [6.45, 7) is 0. The molecule has 0 unspecified atom stereocenters. The van der Waals surface area contributed by atoms with Crippen molar-refractivity contribution in [1.82, 2.24) is 0 Å². The summed E-state index contributed by atoms with van der Waals surface area (Å²) in [5, 5.41) is 0. The van der Waals surface area contributed by atoms with Crippen LogP contribution in [-0.2, 0) is 51.3 Å². The summed E-state index contributed by atoms with van der Waals surface area (Å²) in [6.07, 6.45) is 0. The van der Waals surface area contributed by atoms with E-state index >= 15 is 0 Å². The molecule has 6 heteroatoms. The standard InChI is InChI=1S/Nb.HO3P.Zr/c;1-4(2)3;/h;(H-,1,2,3);/q-1;;/p+1. The third kappa shape index (κ3) is 41.8. The first-order chi connectivity index (χ1) is 2.00. The maximum Gasteiger partial charge on any atom is 0 e. The fourth-order valence-electron chi connectivity index (χ4n) is 0. The van der Waals surface area contributed by atoms with Gasteiger partial charge in [0.1, 0.15) is 0 Å². The van der Waals surface area contributed by atoms with Gasteiger partial charge in [-0.2, -0.15) is 0 Å². The average molecular weight is 265 g/mol. The molecule has 2 N–H and O–H groups in total. The van der Waals surface area contributed by atoms with E-state index in [0.29, 0.717) is 20.5 Å². The van der Waals surface area contributed by atoms with Gasteiger partial charge < -0.3 is 0 Å². The predicted octanol–water partition coefficient (Wildman–Crippen LogP) is -0.377. The molecule has 0 saturated heterocycles. The molecule has 3 nitrogen and oxygen atoms in total. The Labute approximate surface area is 66.1 Å². The van der Waals surface area contributed by atoms with Gasteiger partial charge in [0.05, 0.1) is 0 Å². The van der Waals surface area contributed by atoms with E-state index in [1.165, 1.54) is 0 Å². The minimum Gasteiger partial charge on any atom is 0 e. The van der Waals surface area contributed by atoms with Crippen molar-refractivity contribution < 1.29 is 61.1 Å². The van der Waals surface area contributed by atoms with Gasteiger partial charge in [-0.25, -0.2) is 0 Å². The van der Waals surface area contributed by atoms with Gasteiger partial charge >= 0.3 is 40.4 Å². The molecule has 0 aromatic rings. The first kappa shape index (κ1) is 10.7. The summed E-state index contributed by atoms with van der Waals surface area (Å²) in [6, 6.07) is 0. The van der Waals surface area contributed by atoms with Gasteiger partial charge in [0.25, 0.3) is 0 Å². The van der Waals surface area contributed by atoms with E-state index < -0.39 is 5.49 Å². The second-order valence-corrected chi connectivity index (χ2v) is 5.38. The van der Waals surface area contributed by atoms with Crippen LogP contribution >= 0.6 is 5.49 Å². The van der Waals surface area contributed by atoms with Crippen LogP contribution < -0.4 is 0 Å². The summed E-state index contributed by atoms with van der Waals surface area (Å²) in [7, 11) is 0. The molecule has 0 aliphatic carbocycles. The van der Waals surface area contributed by atoms with Gasteiger partial charge in [-0.05, 0) is 0 Å². The van der Waals surface area contributed by atoms with Crippen molar-refractivity contribution in [2.24, 2.45) is 0 Å². The van der Waals surface area contributed by atoms with Crippen molar-refractivity contribution in [3.05, 3.63) is 0 Å². The van der Waals surface area contributed by atoms with Gasteiger partial charge in [0, 0.05) is 26.2 Å². The zero-order valence-electron chi connectivity index (χ0n) is 2.70. The Bertz CT molecular complexity index is 56.9. The van der Waals surface area contributed by atoms with Crippen molar-refractivity contribution >= 4 is 5.49 Å². The summed E-state index contributed by atoms with van der Waals surface area (Å²) < 4.78 is 9.35. The van der Waals surface area contributed by atoms with E-state index in [2.05, 4.69) is 0 Å². The third-order valence-electron chi connectivity index (χ3n) is 0. The van der Waals surface area contributed by atoms with Crippen LogP contribution in [-0.4, -0.2) is 9.79 Å². The maximum atomic E-state index is 9.35. The zero-order valence-corrected chi connectivity index (χ0v) is 8.25. The molecular formula is H2NbO3PZr. The van der Waals surface area contributed by atoms with Crippen LogP contribution in [0.15, 0.2) is 0 Å². The third-order valence-corrected chi connectivity index (χ3v) is 0. The van der Waals surface area contributed by atoms with Crippen molar-refractivity contribution in [2.45, 2.75) is 0 Å². The molecule has 0 aromatic carbocycles. The van der Waals surface area contributed by atoms with Crippen LogP contribution in [0.2, 0.25) is 0 Å². The normalized spacial score (nSPS) is 9.67. The Morgan fingerprint density at radius 2 is 1.50 bits per heavy atom. The van der Waals surface area contributed by atoms with E-state index in [0.717, 1.165) is 0 Å². The van der Waals surface area contributed by atoms with Crippen LogP contribution in [0.3, 0.4) is 0 Å². The Hall–Kier alpha value is 1.77. The smallest absolute Gasteiger partial charge is 0 e. The van der Waals surface area contributed by atoms with Crippen LogP contribution in [0.1, 0.15) is 0 Å².